The van der Waals surface area contributed by atoms with Crippen LogP contribution >= 0.6 is 11.3 Å². The molecular weight excluding hydrogens is 428 g/mol. The van der Waals surface area contributed by atoms with Crippen LogP contribution in [-0.4, -0.2) is 34.0 Å². The summed E-state index contributed by atoms with van der Waals surface area (Å²) in [5, 5.41) is 4.65. The van der Waals surface area contributed by atoms with Crippen molar-refractivity contribution in [1.29, 1.82) is 0 Å². The van der Waals surface area contributed by atoms with Crippen LogP contribution < -0.4 is 10.1 Å². The Labute approximate surface area is 180 Å². The van der Waals surface area contributed by atoms with E-state index in [0.29, 0.717) is 24.4 Å². The smallest absolute Gasteiger partial charge is 0.387 e. The summed E-state index contributed by atoms with van der Waals surface area (Å²) in [6, 6.07) is 9.46. The van der Waals surface area contributed by atoms with Gasteiger partial charge in [-0.25, -0.2) is 9.78 Å². The number of carbonyl (C=O) groups is 2. The van der Waals surface area contributed by atoms with Gasteiger partial charge in [0.05, 0.1) is 17.1 Å². The van der Waals surface area contributed by atoms with Gasteiger partial charge in [-0.1, -0.05) is 18.2 Å². The maximum absolute atomic E-state index is 13.0. The number of aromatic nitrogens is 1. The van der Waals surface area contributed by atoms with E-state index in [4.69, 9.17) is 4.42 Å². The van der Waals surface area contributed by atoms with E-state index in [2.05, 4.69) is 15.0 Å². The number of nitrogens with zero attached hydrogens (tertiary/aromatic N) is 2. The van der Waals surface area contributed by atoms with Crippen LogP contribution in [0.25, 0.3) is 10.8 Å². The van der Waals surface area contributed by atoms with Crippen molar-refractivity contribution in [3.8, 4) is 16.5 Å². The number of halogens is 2. The highest BCUT2D eigenvalue weighted by Crippen LogP contribution is 2.27. The zero-order valence-corrected chi connectivity index (χ0v) is 17.3. The second kappa shape index (κ2) is 8.46. The van der Waals surface area contributed by atoms with E-state index in [1.54, 1.807) is 19.1 Å². The van der Waals surface area contributed by atoms with Crippen molar-refractivity contribution in [2.45, 2.75) is 38.5 Å². The van der Waals surface area contributed by atoms with Gasteiger partial charge >= 0.3 is 12.6 Å². The van der Waals surface area contributed by atoms with Crippen molar-refractivity contribution in [2.75, 3.05) is 0 Å². The van der Waals surface area contributed by atoms with Crippen LogP contribution in [0.3, 0.4) is 0 Å². The molecule has 1 unspecified atom stereocenters. The number of thiophene rings is 1. The number of oxazole rings is 1. The van der Waals surface area contributed by atoms with Gasteiger partial charge in [-0.05, 0) is 48.9 Å². The van der Waals surface area contributed by atoms with Crippen LogP contribution in [0.5, 0.6) is 5.75 Å². The van der Waals surface area contributed by atoms with Gasteiger partial charge in [0, 0.05) is 0 Å². The van der Waals surface area contributed by atoms with Crippen LogP contribution in [0, 0.1) is 0 Å². The highest BCUT2D eigenvalue weighted by Gasteiger charge is 2.47. The largest absolute Gasteiger partial charge is 0.443 e. The standard InChI is InChI=1S/C21H19F2N3O4S/c1-21(9-8-13-4-6-15(7-5-13)30-19(22)23)18(27)26(20(28)25-21)11-14-12-29-17(24-14)16-3-2-10-31-16/h2-7,10,12,19H,8-9,11H2,1H3,(H,25,28). The third kappa shape index (κ3) is 4.58. The molecule has 162 valence electrons. The molecule has 3 amide bonds. The average molecular weight is 447 g/mol. The number of carbonyl (C=O) groups excluding carboxylic acids is 2. The number of rotatable bonds is 8. The Hall–Kier alpha value is -3.27. The molecular formula is C21H19F2N3O4S. The summed E-state index contributed by atoms with van der Waals surface area (Å²) in [6.07, 6.45) is 2.26. The first kappa shape index (κ1) is 21.0. The van der Waals surface area contributed by atoms with E-state index in [0.717, 1.165) is 15.3 Å². The molecule has 1 fully saturated rings. The Morgan fingerprint density at radius 1 is 1.26 bits per heavy atom. The molecule has 4 rings (SSSR count). The lowest BCUT2D eigenvalue weighted by atomic mass is 9.93. The van der Waals surface area contributed by atoms with E-state index in [1.807, 2.05) is 17.5 Å². The lowest BCUT2D eigenvalue weighted by Gasteiger charge is -2.21. The van der Waals surface area contributed by atoms with Crippen LogP contribution in [0.1, 0.15) is 24.6 Å². The highest BCUT2D eigenvalue weighted by atomic mass is 32.1. The monoisotopic (exact) mass is 447 g/mol. The molecule has 1 N–H and O–H groups in total. The Balaban J connectivity index is 1.39. The zero-order chi connectivity index (χ0) is 22.0. The summed E-state index contributed by atoms with van der Waals surface area (Å²) in [4.78, 5) is 31.7. The normalized spacial score (nSPS) is 18.6. The van der Waals surface area contributed by atoms with Gasteiger partial charge in [0.15, 0.2) is 0 Å². The Bertz CT molecular complexity index is 1070. The van der Waals surface area contributed by atoms with Gasteiger partial charge in [-0.15, -0.1) is 11.3 Å². The molecule has 3 heterocycles. The first-order valence-electron chi connectivity index (χ1n) is 9.50. The summed E-state index contributed by atoms with van der Waals surface area (Å²) in [5.41, 5.74) is 0.237. The summed E-state index contributed by atoms with van der Waals surface area (Å²) in [5.74, 6) is 0.158. The second-order valence-electron chi connectivity index (χ2n) is 7.30. The molecule has 0 aliphatic carbocycles. The number of imide groups is 1. The molecule has 1 saturated heterocycles. The van der Waals surface area contributed by atoms with Crippen molar-refractivity contribution >= 4 is 23.3 Å². The van der Waals surface area contributed by atoms with Gasteiger partial charge < -0.3 is 14.5 Å². The quantitative estimate of drug-likeness (QED) is 0.516. The molecule has 31 heavy (non-hydrogen) atoms. The third-order valence-electron chi connectivity index (χ3n) is 5.01. The fraction of sp³-hybridized carbons (Fsp3) is 0.286. The van der Waals surface area contributed by atoms with Crippen molar-refractivity contribution in [3.05, 3.63) is 59.3 Å². The van der Waals surface area contributed by atoms with E-state index in [-0.39, 0.29) is 18.2 Å². The average Bonchev–Trinajstić information content (AvgIpc) is 3.45. The minimum absolute atomic E-state index is 0.00873. The lowest BCUT2D eigenvalue weighted by molar-refractivity contribution is -0.131. The van der Waals surface area contributed by atoms with Crippen LogP contribution in [0.2, 0.25) is 0 Å². The molecule has 3 aromatic rings. The number of amides is 3. The first-order chi connectivity index (χ1) is 14.8. The summed E-state index contributed by atoms with van der Waals surface area (Å²) in [7, 11) is 0. The number of hydrogen-bond donors (Lipinski definition) is 1. The minimum atomic E-state index is -2.88. The topological polar surface area (TPSA) is 84.7 Å². The number of hydrogen-bond acceptors (Lipinski definition) is 6. The maximum Gasteiger partial charge on any atom is 0.387 e. The predicted molar refractivity (Wildman–Crippen MR) is 109 cm³/mol. The van der Waals surface area contributed by atoms with Crippen LogP contribution in [-0.2, 0) is 17.8 Å². The molecule has 2 aromatic heterocycles. The minimum Gasteiger partial charge on any atom is -0.443 e. The molecule has 1 atom stereocenters. The van der Waals surface area contributed by atoms with Crippen LogP contribution in [0.15, 0.2) is 52.5 Å². The molecule has 10 heteroatoms. The van der Waals surface area contributed by atoms with E-state index < -0.39 is 18.2 Å². The summed E-state index contributed by atoms with van der Waals surface area (Å²) in [6.45, 7) is -1.20. The predicted octanol–water partition coefficient (Wildman–Crippen LogP) is 4.45. The Kier molecular flexibility index (Phi) is 5.73. The van der Waals surface area contributed by atoms with Crippen molar-refractivity contribution < 1.29 is 27.5 Å². The number of ether oxygens (including phenoxy) is 1. The fourth-order valence-corrected chi connectivity index (χ4v) is 4.00. The number of alkyl halides is 2. The number of urea groups is 1. The van der Waals surface area contributed by atoms with Gasteiger partial charge in [0.25, 0.3) is 5.91 Å². The summed E-state index contributed by atoms with van der Waals surface area (Å²) >= 11 is 1.48. The molecule has 0 radical (unpaired) electrons. The zero-order valence-electron chi connectivity index (χ0n) is 16.5. The highest BCUT2D eigenvalue weighted by molar-refractivity contribution is 7.13. The molecule has 0 saturated carbocycles. The maximum atomic E-state index is 13.0. The van der Waals surface area contributed by atoms with Crippen molar-refractivity contribution in [2.24, 2.45) is 0 Å². The number of benzene rings is 1. The van der Waals surface area contributed by atoms with Gasteiger partial charge in [0.2, 0.25) is 5.89 Å². The van der Waals surface area contributed by atoms with Crippen LogP contribution in [0.4, 0.5) is 13.6 Å². The van der Waals surface area contributed by atoms with Gasteiger partial charge in [-0.2, -0.15) is 8.78 Å². The fourth-order valence-electron chi connectivity index (χ4n) is 3.35. The Morgan fingerprint density at radius 2 is 2.03 bits per heavy atom. The Morgan fingerprint density at radius 3 is 2.71 bits per heavy atom. The molecule has 0 spiro atoms. The SMILES string of the molecule is CC1(CCc2ccc(OC(F)F)cc2)NC(=O)N(Cc2coc(-c3cccs3)n2)C1=O. The molecule has 7 nitrogen and oxygen atoms in total. The third-order valence-corrected chi connectivity index (χ3v) is 5.87. The van der Waals surface area contributed by atoms with E-state index in [9.17, 15) is 18.4 Å². The van der Waals surface area contributed by atoms with Crippen molar-refractivity contribution in [1.82, 2.24) is 15.2 Å². The summed E-state index contributed by atoms with van der Waals surface area (Å²) < 4.78 is 34.3. The first-order valence-corrected chi connectivity index (χ1v) is 10.4. The van der Waals surface area contributed by atoms with Gasteiger partial charge in [0.1, 0.15) is 17.6 Å². The van der Waals surface area contributed by atoms with E-state index >= 15 is 0 Å². The number of aryl methyl sites for hydroxylation is 1. The van der Waals surface area contributed by atoms with Gasteiger partial charge in [-0.3, -0.25) is 9.69 Å². The van der Waals surface area contributed by atoms with E-state index in [1.165, 1.54) is 29.7 Å². The molecule has 1 aliphatic rings. The molecule has 1 aromatic carbocycles. The number of nitrogens with one attached hydrogen (secondary N) is 1. The second-order valence-corrected chi connectivity index (χ2v) is 8.25. The van der Waals surface area contributed by atoms with Crippen molar-refractivity contribution in [3.63, 3.8) is 0 Å². The molecule has 1 aliphatic heterocycles. The lowest BCUT2D eigenvalue weighted by Crippen LogP contribution is -2.44. The molecule has 0 bridgehead atoms.